The van der Waals surface area contributed by atoms with Gasteiger partial charge in [0.05, 0.1) is 6.54 Å². The fourth-order valence-electron chi connectivity index (χ4n) is 4.06. The number of hydrogen-bond acceptors (Lipinski definition) is 6. The van der Waals surface area contributed by atoms with Crippen LogP contribution in [0.3, 0.4) is 0 Å². The van der Waals surface area contributed by atoms with Gasteiger partial charge in [-0.2, -0.15) is 4.98 Å². The molecule has 4 rings (SSSR count). The van der Waals surface area contributed by atoms with Crippen LogP contribution in [0, 0.1) is 5.92 Å². The van der Waals surface area contributed by atoms with Gasteiger partial charge in [0.15, 0.2) is 0 Å². The molecule has 0 amide bonds. The first-order chi connectivity index (χ1) is 12.8. The largest absolute Gasteiger partial charge is 0.357 e. The first kappa shape index (κ1) is 17.5. The summed E-state index contributed by atoms with van der Waals surface area (Å²) in [5.41, 5.74) is 0.922. The molecule has 0 aromatic carbocycles. The number of pyridine rings is 1. The Morgan fingerprint density at radius 3 is 2.65 bits per heavy atom. The van der Waals surface area contributed by atoms with Crippen molar-refractivity contribution in [2.45, 2.75) is 52.0 Å². The lowest BCUT2D eigenvalue weighted by molar-refractivity contribution is 0.157. The highest BCUT2D eigenvalue weighted by atomic mass is 16.5. The van der Waals surface area contributed by atoms with Crippen LogP contribution in [-0.2, 0) is 6.54 Å². The van der Waals surface area contributed by atoms with E-state index in [1.807, 2.05) is 6.20 Å². The average Bonchev–Trinajstić information content (AvgIpc) is 2.95. The van der Waals surface area contributed by atoms with Crippen LogP contribution in [0.15, 0.2) is 22.9 Å². The Bertz CT molecular complexity index is 690. The lowest BCUT2D eigenvalue weighted by atomic mass is 10.0. The van der Waals surface area contributed by atoms with Gasteiger partial charge in [0.1, 0.15) is 5.82 Å². The Labute approximate surface area is 155 Å². The van der Waals surface area contributed by atoms with E-state index in [9.17, 15) is 0 Å². The second-order valence-corrected chi connectivity index (χ2v) is 7.80. The van der Waals surface area contributed by atoms with Gasteiger partial charge in [-0.3, -0.25) is 4.90 Å². The van der Waals surface area contributed by atoms with Crippen molar-refractivity contribution < 1.29 is 4.52 Å². The predicted octanol–water partition coefficient (Wildman–Crippen LogP) is 3.74. The third-order valence-corrected chi connectivity index (χ3v) is 5.50. The molecule has 2 fully saturated rings. The summed E-state index contributed by atoms with van der Waals surface area (Å²) in [5.74, 6) is 3.15. The molecule has 6 nitrogen and oxygen atoms in total. The SMILES string of the molecule is C[C@H]1CCCN(Cc2nc(-c3ccc(N4CCCCCC4)nc3)no2)C1. The molecular formula is C20H29N5O. The minimum absolute atomic E-state index is 0.639. The molecule has 0 saturated carbocycles. The molecule has 0 N–H and O–H groups in total. The van der Waals surface area contributed by atoms with E-state index in [2.05, 4.69) is 44.0 Å². The zero-order valence-electron chi connectivity index (χ0n) is 15.7. The van der Waals surface area contributed by atoms with Crippen molar-refractivity contribution in [1.29, 1.82) is 0 Å². The lowest BCUT2D eigenvalue weighted by Gasteiger charge is -2.29. The summed E-state index contributed by atoms with van der Waals surface area (Å²) in [6.07, 6.45) is 9.62. The van der Waals surface area contributed by atoms with E-state index < -0.39 is 0 Å². The number of hydrogen-bond donors (Lipinski definition) is 0. The molecular weight excluding hydrogens is 326 g/mol. The molecule has 140 valence electrons. The van der Waals surface area contributed by atoms with Crippen LogP contribution < -0.4 is 4.90 Å². The monoisotopic (exact) mass is 355 g/mol. The van der Waals surface area contributed by atoms with Crippen LogP contribution in [0.4, 0.5) is 5.82 Å². The van der Waals surface area contributed by atoms with Gasteiger partial charge in [0.25, 0.3) is 0 Å². The number of aromatic nitrogens is 3. The van der Waals surface area contributed by atoms with E-state index in [4.69, 9.17) is 4.52 Å². The van der Waals surface area contributed by atoms with E-state index in [-0.39, 0.29) is 0 Å². The predicted molar refractivity (Wildman–Crippen MR) is 102 cm³/mol. The van der Waals surface area contributed by atoms with Crippen LogP contribution in [0.5, 0.6) is 0 Å². The molecule has 0 aliphatic carbocycles. The number of likely N-dealkylation sites (tertiary alicyclic amines) is 1. The summed E-state index contributed by atoms with van der Waals surface area (Å²) in [6.45, 7) is 7.50. The second-order valence-electron chi connectivity index (χ2n) is 7.80. The molecule has 0 unspecified atom stereocenters. The van der Waals surface area contributed by atoms with Gasteiger partial charge < -0.3 is 9.42 Å². The van der Waals surface area contributed by atoms with E-state index in [1.165, 1.54) is 38.5 Å². The minimum Gasteiger partial charge on any atom is -0.357 e. The summed E-state index contributed by atoms with van der Waals surface area (Å²) in [5, 5.41) is 4.16. The van der Waals surface area contributed by atoms with E-state index in [1.54, 1.807) is 0 Å². The topological polar surface area (TPSA) is 58.3 Å². The average molecular weight is 355 g/mol. The maximum atomic E-state index is 5.48. The Hall–Kier alpha value is -1.95. The van der Waals surface area contributed by atoms with Crippen LogP contribution >= 0.6 is 0 Å². The fraction of sp³-hybridized carbons (Fsp3) is 0.650. The molecule has 6 heteroatoms. The van der Waals surface area contributed by atoms with Gasteiger partial charge in [0.2, 0.25) is 11.7 Å². The van der Waals surface area contributed by atoms with Crippen LogP contribution in [0.1, 0.15) is 51.3 Å². The first-order valence-corrected chi connectivity index (χ1v) is 10.0. The molecule has 2 saturated heterocycles. The quantitative estimate of drug-likeness (QED) is 0.833. The number of nitrogens with zero attached hydrogens (tertiary/aromatic N) is 5. The van der Waals surface area contributed by atoms with Crippen molar-refractivity contribution >= 4 is 5.82 Å². The van der Waals surface area contributed by atoms with Crippen molar-refractivity contribution in [2.24, 2.45) is 5.92 Å². The highest BCUT2D eigenvalue weighted by Crippen LogP contribution is 2.22. The lowest BCUT2D eigenvalue weighted by Crippen LogP contribution is -2.33. The first-order valence-electron chi connectivity index (χ1n) is 10.0. The van der Waals surface area contributed by atoms with Crippen molar-refractivity contribution in [3.05, 3.63) is 24.2 Å². The maximum absolute atomic E-state index is 5.48. The van der Waals surface area contributed by atoms with E-state index in [0.717, 1.165) is 50.0 Å². The summed E-state index contributed by atoms with van der Waals surface area (Å²) < 4.78 is 5.48. The molecule has 0 bridgehead atoms. The molecule has 2 aromatic rings. The third-order valence-electron chi connectivity index (χ3n) is 5.50. The van der Waals surface area contributed by atoms with Gasteiger partial charge in [-0.25, -0.2) is 4.98 Å². The van der Waals surface area contributed by atoms with E-state index in [0.29, 0.717) is 11.7 Å². The molecule has 2 aliphatic heterocycles. The van der Waals surface area contributed by atoms with Gasteiger partial charge in [-0.15, -0.1) is 0 Å². The number of piperidine rings is 1. The zero-order chi connectivity index (χ0) is 17.8. The highest BCUT2D eigenvalue weighted by molar-refractivity contribution is 5.55. The summed E-state index contributed by atoms with van der Waals surface area (Å²) >= 11 is 0. The fourth-order valence-corrected chi connectivity index (χ4v) is 4.06. The Morgan fingerprint density at radius 2 is 1.92 bits per heavy atom. The summed E-state index contributed by atoms with van der Waals surface area (Å²) in [4.78, 5) is 14.0. The Kier molecular flexibility index (Phi) is 5.48. The van der Waals surface area contributed by atoms with Gasteiger partial charge in [0, 0.05) is 31.4 Å². The van der Waals surface area contributed by atoms with Crippen LogP contribution in [0.2, 0.25) is 0 Å². The van der Waals surface area contributed by atoms with Crippen molar-refractivity contribution in [3.63, 3.8) is 0 Å². The number of anilines is 1. The number of rotatable bonds is 4. The van der Waals surface area contributed by atoms with Crippen molar-refractivity contribution in [3.8, 4) is 11.4 Å². The molecule has 4 heterocycles. The highest BCUT2D eigenvalue weighted by Gasteiger charge is 2.19. The molecule has 0 radical (unpaired) electrons. The molecule has 2 aromatic heterocycles. The smallest absolute Gasteiger partial charge is 0.241 e. The molecule has 0 spiro atoms. The van der Waals surface area contributed by atoms with Gasteiger partial charge in [-0.05, 0) is 50.3 Å². The second kappa shape index (κ2) is 8.16. The van der Waals surface area contributed by atoms with Gasteiger partial charge >= 0.3 is 0 Å². The summed E-state index contributed by atoms with van der Waals surface area (Å²) in [6, 6.07) is 4.15. The molecule has 1 atom stereocenters. The minimum atomic E-state index is 0.639. The standard InChI is InChI=1S/C20H29N5O/c1-16-7-6-10-24(14-16)15-19-22-20(23-26-19)17-8-9-18(21-13-17)25-11-4-2-3-5-12-25/h8-9,13,16H,2-7,10-12,14-15H2,1H3/t16-/m0/s1. The van der Waals surface area contributed by atoms with Crippen molar-refractivity contribution in [2.75, 3.05) is 31.1 Å². The Morgan fingerprint density at radius 1 is 1.08 bits per heavy atom. The third kappa shape index (κ3) is 4.23. The summed E-state index contributed by atoms with van der Waals surface area (Å²) in [7, 11) is 0. The Balaban J connectivity index is 1.40. The molecule has 26 heavy (non-hydrogen) atoms. The van der Waals surface area contributed by atoms with Crippen molar-refractivity contribution in [1.82, 2.24) is 20.0 Å². The van der Waals surface area contributed by atoms with Gasteiger partial charge in [-0.1, -0.05) is 24.9 Å². The van der Waals surface area contributed by atoms with E-state index >= 15 is 0 Å². The maximum Gasteiger partial charge on any atom is 0.241 e. The van der Waals surface area contributed by atoms with Crippen LogP contribution in [0.25, 0.3) is 11.4 Å². The molecule has 2 aliphatic rings. The zero-order valence-corrected chi connectivity index (χ0v) is 15.7. The normalized spacial score (nSPS) is 22.3. The van der Waals surface area contributed by atoms with Crippen LogP contribution in [-0.4, -0.2) is 46.2 Å².